The molecule has 0 aliphatic heterocycles. The molecule has 2 atom stereocenters. The highest BCUT2D eigenvalue weighted by Gasteiger charge is 2.25. The number of pyridine rings is 1. The van der Waals surface area contributed by atoms with Crippen LogP contribution in [0.15, 0.2) is 96.0 Å². The number of carboxylic acid groups (broad SMARTS) is 2. The van der Waals surface area contributed by atoms with Gasteiger partial charge in [-0.15, -0.1) is 0 Å². The first-order valence-corrected chi connectivity index (χ1v) is 17.2. The number of carbonyl (C=O) groups is 3. The van der Waals surface area contributed by atoms with Crippen molar-refractivity contribution in [2.45, 2.75) is 49.8 Å². The molecular weight excluding hydrogens is 686 g/mol. The molecule has 51 heavy (non-hydrogen) atoms. The van der Waals surface area contributed by atoms with Gasteiger partial charge in [0.05, 0.1) is 17.0 Å². The minimum absolute atomic E-state index is 0.0192. The lowest BCUT2D eigenvalue weighted by atomic mass is 10.00. The van der Waals surface area contributed by atoms with E-state index in [1.165, 1.54) is 41.2 Å². The Balaban J connectivity index is 0.00000140. The van der Waals surface area contributed by atoms with Crippen molar-refractivity contribution in [2.75, 3.05) is 20.1 Å². The summed E-state index contributed by atoms with van der Waals surface area (Å²) in [5, 5.41) is 30.8. The van der Waals surface area contributed by atoms with Crippen molar-refractivity contribution in [2.24, 2.45) is 0 Å². The molecule has 0 fully saturated rings. The molecule has 12 nitrogen and oxygen atoms in total. The van der Waals surface area contributed by atoms with Crippen LogP contribution in [0.5, 0.6) is 0 Å². The summed E-state index contributed by atoms with van der Waals surface area (Å²) in [6, 6.07) is 21.1. The van der Waals surface area contributed by atoms with E-state index >= 15 is 0 Å². The van der Waals surface area contributed by atoms with Crippen molar-refractivity contribution >= 4 is 28.9 Å². The highest BCUT2D eigenvalue weighted by Crippen LogP contribution is 2.17. The van der Waals surface area contributed by atoms with Crippen LogP contribution in [0.4, 0.5) is 8.78 Å². The lowest BCUT2D eigenvalue weighted by molar-refractivity contribution is -0.123. The highest BCUT2D eigenvalue weighted by molar-refractivity contribution is 7.89. The first-order valence-electron chi connectivity index (χ1n) is 15.7. The van der Waals surface area contributed by atoms with Gasteiger partial charge in [-0.05, 0) is 78.1 Å². The number of hydrogen-bond acceptors (Lipinski definition) is 8. The first kappa shape index (κ1) is 42.1. The van der Waals surface area contributed by atoms with Crippen molar-refractivity contribution in [3.05, 3.63) is 131 Å². The minimum atomic E-state index is -3.82. The fourth-order valence-corrected chi connectivity index (χ4v) is 6.05. The van der Waals surface area contributed by atoms with Gasteiger partial charge in [-0.3, -0.25) is 19.4 Å². The zero-order valence-corrected chi connectivity index (χ0v) is 29.0. The predicted octanol–water partition coefficient (Wildman–Crippen LogP) is 3.68. The molecule has 1 aromatic heterocycles. The maximum absolute atomic E-state index is 13.9. The van der Waals surface area contributed by atoms with Crippen molar-refractivity contribution in [1.82, 2.24) is 19.9 Å². The molecule has 4 aromatic rings. The van der Waals surface area contributed by atoms with E-state index in [-0.39, 0.29) is 48.5 Å². The van der Waals surface area contributed by atoms with Crippen molar-refractivity contribution in [1.29, 1.82) is 0 Å². The second-order valence-electron chi connectivity index (χ2n) is 11.1. The molecule has 0 saturated carbocycles. The van der Waals surface area contributed by atoms with Gasteiger partial charge in [-0.1, -0.05) is 37.3 Å². The Kier molecular flexibility index (Phi) is 18.1. The lowest BCUT2D eigenvalue weighted by Gasteiger charge is -2.25. The van der Waals surface area contributed by atoms with E-state index in [4.69, 9.17) is 19.8 Å². The summed E-state index contributed by atoms with van der Waals surface area (Å²) in [7, 11) is -2.34. The van der Waals surface area contributed by atoms with Crippen LogP contribution in [-0.2, 0) is 45.4 Å². The fourth-order valence-electron chi connectivity index (χ4n) is 4.88. The largest absolute Gasteiger partial charge is 0.483 e. The maximum Gasteiger partial charge on any atom is 0.290 e. The molecule has 0 saturated heterocycles. The van der Waals surface area contributed by atoms with Gasteiger partial charge in [0, 0.05) is 56.6 Å². The maximum atomic E-state index is 13.9. The monoisotopic (exact) mass is 728 g/mol. The Bertz CT molecular complexity index is 1760. The number of aryl methyl sites for hydroxylation is 1. The number of likely N-dealkylation sites (N-methyl/N-ethyl adjacent to an activating group) is 1. The fraction of sp³-hybridized carbons (Fsp3) is 0.278. The van der Waals surface area contributed by atoms with E-state index in [9.17, 15) is 27.1 Å². The molecule has 0 aliphatic rings. The summed E-state index contributed by atoms with van der Waals surface area (Å²) in [4.78, 5) is 34.2. The van der Waals surface area contributed by atoms with E-state index < -0.39 is 39.7 Å². The number of nitrogens with one attached hydrogen (secondary N) is 2. The molecular formula is C36H42F2N4O8S. The van der Waals surface area contributed by atoms with E-state index in [1.807, 2.05) is 30.3 Å². The Morgan fingerprint density at radius 2 is 1.53 bits per heavy atom. The zero-order valence-electron chi connectivity index (χ0n) is 28.2. The Labute approximate surface area is 295 Å². The Hall–Kier alpha value is -5.09. The SMILES string of the molecule is CCc1cccc(CNC[C@@H](O)[C@H](Cc2cc(F)cc(F)c2)NC(=O)c2ccc(S(=O)(=O)N(C)CCc3ccccn3)cc2)c1.O=CO.O=CO. The van der Waals surface area contributed by atoms with E-state index in [1.54, 1.807) is 12.3 Å². The van der Waals surface area contributed by atoms with E-state index in [2.05, 4.69) is 28.6 Å². The van der Waals surface area contributed by atoms with E-state index in [0.717, 1.165) is 35.9 Å². The van der Waals surface area contributed by atoms with Crippen LogP contribution in [-0.4, -0.2) is 84.2 Å². The van der Waals surface area contributed by atoms with Crippen LogP contribution >= 0.6 is 0 Å². The standard InChI is InChI=1S/C34H38F2N4O4S.2CH2O2/c1-3-24-7-6-8-25(17-24)22-37-23-33(41)32(20-26-18-28(35)21-29(36)19-26)39-34(42)27-10-12-31(13-11-27)45(43,44)40(2)16-14-30-9-4-5-15-38-30;2*2-1-3/h4-13,15,17-19,21,32-33,37,41H,3,14,16,20,22-23H2,1-2H3,(H,39,42);2*1H,(H,2,3)/t32-,33+;;/m0../s1. The Morgan fingerprint density at radius 3 is 2.12 bits per heavy atom. The number of aliphatic hydroxyl groups is 1. The summed E-state index contributed by atoms with van der Waals surface area (Å²) < 4.78 is 55.3. The number of nitrogens with zero attached hydrogens (tertiary/aromatic N) is 2. The Morgan fingerprint density at radius 1 is 0.902 bits per heavy atom. The number of amides is 1. The average molecular weight is 729 g/mol. The molecule has 0 spiro atoms. The average Bonchev–Trinajstić information content (AvgIpc) is 3.11. The van der Waals surface area contributed by atoms with Gasteiger partial charge in [0.15, 0.2) is 0 Å². The number of hydrogen-bond donors (Lipinski definition) is 5. The predicted molar refractivity (Wildman–Crippen MR) is 186 cm³/mol. The van der Waals surface area contributed by atoms with Crippen LogP contribution in [0.1, 0.15) is 39.7 Å². The number of benzene rings is 3. The van der Waals surface area contributed by atoms with Crippen LogP contribution in [0, 0.1) is 11.6 Å². The molecule has 0 bridgehead atoms. The molecule has 15 heteroatoms. The van der Waals surface area contributed by atoms with Crippen LogP contribution in [0.25, 0.3) is 0 Å². The molecule has 0 unspecified atom stereocenters. The molecule has 4 rings (SSSR count). The van der Waals surface area contributed by atoms with Gasteiger partial charge in [-0.25, -0.2) is 21.5 Å². The quantitative estimate of drug-likeness (QED) is 0.113. The number of halogens is 2. The highest BCUT2D eigenvalue weighted by atomic mass is 32.2. The van der Waals surface area contributed by atoms with Crippen LogP contribution < -0.4 is 10.6 Å². The number of aromatic nitrogens is 1. The minimum Gasteiger partial charge on any atom is -0.483 e. The summed E-state index contributed by atoms with van der Waals surface area (Å²) in [6.07, 6.45) is 1.83. The normalized spacial score (nSPS) is 12.0. The smallest absolute Gasteiger partial charge is 0.290 e. The lowest BCUT2D eigenvalue weighted by Crippen LogP contribution is -2.48. The number of aliphatic hydroxyl groups excluding tert-OH is 1. The topological polar surface area (TPSA) is 186 Å². The van der Waals surface area contributed by atoms with Crippen LogP contribution in [0.2, 0.25) is 0 Å². The van der Waals surface area contributed by atoms with Crippen LogP contribution in [0.3, 0.4) is 0 Å². The van der Waals surface area contributed by atoms with Gasteiger partial charge >= 0.3 is 0 Å². The molecule has 1 heterocycles. The number of rotatable bonds is 15. The molecule has 0 radical (unpaired) electrons. The van der Waals surface area contributed by atoms with Gasteiger partial charge in [0.2, 0.25) is 10.0 Å². The molecule has 274 valence electrons. The molecule has 0 aliphatic carbocycles. The third-order valence-electron chi connectivity index (χ3n) is 7.47. The zero-order chi connectivity index (χ0) is 37.8. The molecule has 5 N–H and O–H groups in total. The van der Waals surface area contributed by atoms with Gasteiger partial charge in [0.25, 0.3) is 18.9 Å². The van der Waals surface area contributed by atoms with Gasteiger partial charge < -0.3 is 26.0 Å². The third-order valence-corrected chi connectivity index (χ3v) is 9.35. The van der Waals surface area contributed by atoms with Crippen molar-refractivity contribution in [3.63, 3.8) is 0 Å². The van der Waals surface area contributed by atoms with Gasteiger partial charge in [0.1, 0.15) is 11.6 Å². The summed E-state index contributed by atoms with van der Waals surface area (Å²) in [6.45, 7) is 2.36. The number of sulfonamides is 1. The second kappa shape index (κ2) is 21.9. The second-order valence-corrected chi connectivity index (χ2v) is 13.1. The van der Waals surface area contributed by atoms with Gasteiger partial charge in [-0.2, -0.15) is 0 Å². The summed E-state index contributed by atoms with van der Waals surface area (Å²) in [5.74, 6) is -2.10. The summed E-state index contributed by atoms with van der Waals surface area (Å²) >= 11 is 0. The first-order chi connectivity index (χ1) is 24.4. The van der Waals surface area contributed by atoms with E-state index in [0.29, 0.717) is 13.0 Å². The third kappa shape index (κ3) is 14.4. The van der Waals surface area contributed by atoms with Crippen molar-refractivity contribution < 1.29 is 46.9 Å². The molecule has 3 aromatic carbocycles. The van der Waals surface area contributed by atoms with Crippen molar-refractivity contribution in [3.8, 4) is 0 Å². The number of carbonyl (C=O) groups excluding carboxylic acids is 1. The summed E-state index contributed by atoms with van der Waals surface area (Å²) in [5.41, 5.74) is 3.42. The molecule has 1 amide bonds.